The van der Waals surface area contributed by atoms with Gasteiger partial charge >= 0.3 is 5.97 Å². The van der Waals surface area contributed by atoms with E-state index in [4.69, 9.17) is 16.1 Å². The first-order valence-electron chi connectivity index (χ1n) is 4.16. The predicted molar refractivity (Wildman–Crippen MR) is 48.8 cm³/mol. The van der Waals surface area contributed by atoms with Gasteiger partial charge in [0.2, 0.25) is 0 Å². The maximum Gasteiger partial charge on any atom is 0.354 e. The molecule has 0 spiro atoms. The minimum atomic E-state index is -2.90. The molecule has 1 aromatic heterocycles. The second-order valence-corrected chi connectivity index (χ2v) is 2.85. The van der Waals surface area contributed by atoms with Crippen molar-refractivity contribution in [3.63, 3.8) is 0 Å². The monoisotopic (exact) mass is 227 g/mol. The SMILES string of the molecule is N#Cc1cc(C(F)F)c(CN)c(C(=O)O)n1. The Hall–Kier alpha value is -2.07. The number of aromatic carboxylic acids is 1. The van der Waals surface area contributed by atoms with E-state index in [9.17, 15) is 13.6 Å². The number of rotatable bonds is 3. The van der Waals surface area contributed by atoms with Crippen molar-refractivity contribution >= 4 is 5.97 Å². The van der Waals surface area contributed by atoms with Gasteiger partial charge < -0.3 is 10.8 Å². The Kier molecular flexibility index (Phi) is 3.48. The second-order valence-electron chi connectivity index (χ2n) is 2.85. The number of hydrogen-bond donors (Lipinski definition) is 2. The molecule has 1 rings (SSSR count). The highest BCUT2D eigenvalue weighted by atomic mass is 19.3. The Labute approximate surface area is 89.1 Å². The van der Waals surface area contributed by atoms with E-state index in [-0.39, 0.29) is 17.8 Å². The van der Waals surface area contributed by atoms with Crippen LogP contribution in [0.4, 0.5) is 8.78 Å². The van der Waals surface area contributed by atoms with E-state index in [1.54, 1.807) is 0 Å². The summed E-state index contributed by atoms with van der Waals surface area (Å²) in [7, 11) is 0. The van der Waals surface area contributed by atoms with E-state index < -0.39 is 23.7 Å². The number of nitrogens with zero attached hydrogens (tertiary/aromatic N) is 2. The van der Waals surface area contributed by atoms with Gasteiger partial charge in [-0.25, -0.2) is 18.6 Å². The van der Waals surface area contributed by atoms with Crippen LogP contribution in [0.5, 0.6) is 0 Å². The molecule has 0 unspecified atom stereocenters. The molecule has 0 saturated heterocycles. The molecular weight excluding hydrogens is 220 g/mol. The summed E-state index contributed by atoms with van der Waals surface area (Å²) in [4.78, 5) is 14.2. The number of carboxylic acid groups (broad SMARTS) is 1. The molecule has 0 aromatic carbocycles. The molecule has 0 saturated carbocycles. The number of pyridine rings is 1. The third-order valence-corrected chi connectivity index (χ3v) is 1.92. The zero-order chi connectivity index (χ0) is 12.3. The van der Waals surface area contributed by atoms with E-state index in [1.165, 1.54) is 6.07 Å². The number of nitriles is 1. The van der Waals surface area contributed by atoms with Crippen LogP contribution in [-0.2, 0) is 6.54 Å². The van der Waals surface area contributed by atoms with Gasteiger partial charge in [-0.3, -0.25) is 0 Å². The van der Waals surface area contributed by atoms with E-state index in [1.807, 2.05) is 0 Å². The fraction of sp³-hybridized carbons (Fsp3) is 0.222. The van der Waals surface area contributed by atoms with Crippen LogP contribution in [0.2, 0.25) is 0 Å². The first-order valence-corrected chi connectivity index (χ1v) is 4.16. The summed E-state index contributed by atoms with van der Waals surface area (Å²) >= 11 is 0. The Balaban J connectivity index is 3.54. The molecule has 0 radical (unpaired) electrons. The van der Waals surface area contributed by atoms with Crippen molar-refractivity contribution in [3.05, 3.63) is 28.6 Å². The molecule has 0 amide bonds. The molecular formula is C9H7F2N3O2. The fourth-order valence-corrected chi connectivity index (χ4v) is 1.23. The van der Waals surface area contributed by atoms with E-state index in [2.05, 4.69) is 4.98 Å². The Morgan fingerprint density at radius 3 is 2.69 bits per heavy atom. The predicted octanol–water partition coefficient (Wildman–Crippen LogP) is 1.05. The van der Waals surface area contributed by atoms with Gasteiger partial charge in [-0.05, 0) is 6.07 Å². The summed E-state index contributed by atoms with van der Waals surface area (Å²) in [5.74, 6) is -1.49. The molecule has 16 heavy (non-hydrogen) atoms. The molecule has 0 fully saturated rings. The average molecular weight is 227 g/mol. The molecule has 0 bridgehead atoms. The Morgan fingerprint density at radius 2 is 2.31 bits per heavy atom. The topological polar surface area (TPSA) is 100 Å². The summed E-state index contributed by atoms with van der Waals surface area (Å²) in [5.41, 5.74) is 3.42. The largest absolute Gasteiger partial charge is 0.477 e. The molecule has 3 N–H and O–H groups in total. The van der Waals surface area contributed by atoms with Crippen LogP contribution in [0, 0.1) is 11.3 Å². The lowest BCUT2D eigenvalue weighted by molar-refractivity contribution is 0.0688. The first-order chi connectivity index (χ1) is 7.51. The van der Waals surface area contributed by atoms with Crippen molar-refractivity contribution < 1.29 is 18.7 Å². The lowest BCUT2D eigenvalue weighted by atomic mass is 10.1. The summed E-state index contributed by atoms with van der Waals surface area (Å²) in [6, 6.07) is 2.37. The van der Waals surface area contributed by atoms with Crippen molar-refractivity contribution in [2.24, 2.45) is 5.73 Å². The van der Waals surface area contributed by atoms with Crippen molar-refractivity contribution in [2.75, 3.05) is 0 Å². The maximum atomic E-state index is 12.6. The third-order valence-electron chi connectivity index (χ3n) is 1.92. The lowest BCUT2D eigenvalue weighted by Gasteiger charge is -2.09. The van der Waals surface area contributed by atoms with Crippen LogP contribution < -0.4 is 5.73 Å². The quantitative estimate of drug-likeness (QED) is 0.803. The van der Waals surface area contributed by atoms with E-state index in [0.717, 1.165) is 6.07 Å². The van der Waals surface area contributed by atoms with Crippen molar-refractivity contribution in [3.8, 4) is 6.07 Å². The smallest absolute Gasteiger partial charge is 0.354 e. The number of aromatic nitrogens is 1. The molecule has 1 heterocycles. The van der Waals surface area contributed by atoms with E-state index in [0.29, 0.717) is 0 Å². The molecule has 7 heteroatoms. The molecule has 5 nitrogen and oxygen atoms in total. The minimum Gasteiger partial charge on any atom is -0.477 e. The first kappa shape index (κ1) is 12.0. The number of alkyl halides is 2. The van der Waals surface area contributed by atoms with Gasteiger partial charge in [0, 0.05) is 17.7 Å². The van der Waals surface area contributed by atoms with Gasteiger partial charge in [0.1, 0.15) is 11.8 Å². The zero-order valence-corrected chi connectivity index (χ0v) is 7.94. The summed E-state index contributed by atoms with van der Waals surface area (Å²) in [5, 5.41) is 17.3. The van der Waals surface area contributed by atoms with Gasteiger partial charge in [0.05, 0.1) is 0 Å². The number of carboxylic acids is 1. The zero-order valence-electron chi connectivity index (χ0n) is 7.94. The molecule has 0 atom stereocenters. The number of hydrogen-bond acceptors (Lipinski definition) is 4. The third kappa shape index (κ3) is 2.12. The normalized spacial score (nSPS) is 10.2. The number of carbonyl (C=O) groups is 1. The van der Waals surface area contributed by atoms with Crippen molar-refractivity contribution in [2.45, 2.75) is 13.0 Å². The van der Waals surface area contributed by atoms with Gasteiger partial charge in [-0.15, -0.1) is 0 Å². The number of nitrogens with two attached hydrogens (primary N) is 1. The molecule has 84 valence electrons. The summed E-state index contributed by atoms with van der Waals surface area (Å²) < 4.78 is 25.2. The van der Waals surface area contributed by atoms with Crippen LogP contribution in [-0.4, -0.2) is 16.1 Å². The van der Waals surface area contributed by atoms with Gasteiger partial charge in [-0.1, -0.05) is 0 Å². The van der Waals surface area contributed by atoms with Crippen LogP contribution in [0.15, 0.2) is 6.07 Å². The van der Waals surface area contributed by atoms with Crippen LogP contribution in [0.3, 0.4) is 0 Å². The lowest BCUT2D eigenvalue weighted by Crippen LogP contribution is -2.14. The Bertz CT molecular complexity index is 469. The van der Waals surface area contributed by atoms with Crippen LogP contribution >= 0.6 is 0 Å². The van der Waals surface area contributed by atoms with Gasteiger partial charge in [0.15, 0.2) is 5.69 Å². The molecule has 0 aliphatic heterocycles. The summed E-state index contributed by atoms with van der Waals surface area (Å²) in [6.45, 7) is -0.375. The molecule has 0 aliphatic carbocycles. The Morgan fingerprint density at radius 1 is 1.69 bits per heavy atom. The van der Waals surface area contributed by atoms with Crippen LogP contribution in [0.25, 0.3) is 0 Å². The second kappa shape index (κ2) is 4.63. The van der Waals surface area contributed by atoms with Crippen molar-refractivity contribution in [1.29, 1.82) is 5.26 Å². The highest BCUT2D eigenvalue weighted by Crippen LogP contribution is 2.25. The van der Waals surface area contributed by atoms with Gasteiger partial charge in [-0.2, -0.15) is 5.26 Å². The maximum absolute atomic E-state index is 12.6. The van der Waals surface area contributed by atoms with Gasteiger partial charge in [0.25, 0.3) is 6.43 Å². The molecule has 0 aliphatic rings. The van der Waals surface area contributed by atoms with E-state index >= 15 is 0 Å². The van der Waals surface area contributed by atoms with Crippen LogP contribution in [0.1, 0.15) is 33.7 Å². The molecule has 1 aromatic rings. The minimum absolute atomic E-state index is 0.249. The standard InChI is InChI=1S/C9H7F2N3O2/c10-8(11)5-1-4(2-12)14-7(9(15)16)6(5)3-13/h1,8H,3,13H2,(H,15,16). The highest BCUT2D eigenvalue weighted by Gasteiger charge is 2.21. The fourth-order valence-electron chi connectivity index (χ4n) is 1.23. The van der Waals surface area contributed by atoms with Crippen molar-refractivity contribution in [1.82, 2.24) is 4.98 Å². The summed E-state index contributed by atoms with van der Waals surface area (Å²) in [6.07, 6.45) is -2.90. The number of halogens is 2. The average Bonchev–Trinajstić information content (AvgIpc) is 2.26. The highest BCUT2D eigenvalue weighted by molar-refractivity contribution is 5.87.